The summed E-state index contributed by atoms with van der Waals surface area (Å²) in [6, 6.07) is 8.10. The zero-order valence-corrected chi connectivity index (χ0v) is 15.3. The van der Waals surface area contributed by atoms with Crippen molar-refractivity contribution in [2.45, 2.75) is 26.7 Å². The standard InChI is InChI=1S/C21H22N4O/c1-13-14(2)17-6-8-22-21(26)18(17)11-16(13)10-15-4-5-19(23-12-15)20-7-9-25(3)24-20/h4-5,7,9,11-12H,6,8,10H2,1-3H3,(H,22,26). The summed E-state index contributed by atoms with van der Waals surface area (Å²) < 4.78 is 1.77. The predicted octanol–water partition coefficient (Wildman–Crippen LogP) is 2.98. The summed E-state index contributed by atoms with van der Waals surface area (Å²) in [6.07, 6.45) is 5.49. The lowest BCUT2D eigenvalue weighted by atomic mass is 9.87. The number of rotatable bonds is 3. The number of hydrogen-bond donors (Lipinski definition) is 1. The van der Waals surface area contributed by atoms with Crippen LogP contribution in [-0.4, -0.2) is 27.2 Å². The minimum atomic E-state index is 0.0409. The van der Waals surface area contributed by atoms with Crippen LogP contribution in [0.5, 0.6) is 0 Å². The Morgan fingerprint density at radius 1 is 1.15 bits per heavy atom. The van der Waals surface area contributed by atoms with Crippen molar-refractivity contribution >= 4 is 5.91 Å². The number of benzene rings is 1. The highest BCUT2D eigenvalue weighted by Crippen LogP contribution is 2.27. The van der Waals surface area contributed by atoms with Gasteiger partial charge in [-0.05, 0) is 72.7 Å². The lowest BCUT2D eigenvalue weighted by molar-refractivity contribution is 0.0945. The van der Waals surface area contributed by atoms with Gasteiger partial charge in [0.2, 0.25) is 0 Å². The maximum atomic E-state index is 12.2. The van der Waals surface area contributed by atoms with Crippen LogP contribution >= 0.6 is 0 Å². The fraction of sp³-hybridized carbons (Fsp3) is 0.286. The first kappa shape index (κ1) is 16.5. The van der Waals surface area contributed by atoms with Crippen LogP contribution in [0.3, 0.4) is 0 Å². The van der Waals surface area contributed by atoms with E-state index in [-0.39, 0.29) is 5.91 Å². The Labute approximate surface area is 153 Å². The first-order valence-corrected chi connectivity index (χ1v) is 8.88. The molecule has 2 aromatic heterocycles. The molecule has 4 rings (SSSR count). The van der Waals surface area contributed by atoms with E-state index in [1.54, 1.807) is 4.68 Å². The van der Waals surface area contributed by atoms with E-state index in [1.165, 1.54) is 22.3 Å². The lowest BCUT2D eigenvalue weighted by Gasteiger charge is -2.22. The number of hydrogen-bond acceptors (Lipinski definition) is 3. The zero-order valence-electron chi connectivity index (χ0n) is 15.3. The molecule has 1 aromatic carbocycles. The van der Waals surface area contributed by atoms with Gasteiger partial charge in [-0.1, -0.05) is 6.07 Å². The molecule has 132 valence electrons. The summed E-state index contributed by atoms with van der Waals surface area (Å²) in [5.41, 5.74) is 8.58. The molecule has 0 spiro atoms. The van der Waals surface area contributed by atoms with Crippen molar-refractivity contribution in [2.75, 3.05) is 6.54 Å². The van der Waals surface area contributed by atoms with Gasteiger partial charge in [0.1, 0.15) is 5.69 Å². The first-order chi connectivity index (χ1) is 12.5. The molecule has 1 aliphatic rings. The molecule has 0 atom stereocenters. The average Bonchev–Trinajstić information content (AvgIpc) is 3.07. The van der Waals surface area contributed by atoms with Crippen molar-refractivity contribution in [1.82, 2.24) is 20.1 Å². The molecule has 0 aliphatic carbocycles. The number of amides is 1. The second kappa shape index (κ2) is 6.41. The second-order valence-corrected chi connectivity index (χ2v) is 6.92. The molecule has 0 unspecified atom stereocenters. The largest absolute Gasteiger partial charge is 0.352 e. The Morgan fingerprint density at radius 2 is 2.00 bits per heavy atom. The Kier molecular flexibility index (Phi) is 4.07. The number of carbonyl (C=O) groups excluding carboxylic acids is 1. The van der Waals surface area contributed by atoms with E-state index >= 15 is 0 Å². The topological polar surface area (TPSA) is 59.8 Å². The van der Waals surface area contributed by atoms with Crippen LogP contribution < -0.4 is 5.32 Å². The van der Waals surface area contributed by atoms with Crippen LogP contribution in [0, 0.1) is 13.8 Å². The van der Waals surface area contributed by atoms with Crippen LogP contribution in [0.2, 0.25) is 0 Å². The van der Waals surface area contributed by atoms with Crippen molar-refractivity contribution in [1.29, 1.82) is 0 Å². The molecule has 3 heterocycles. The SMILES string of the molecule is Cc1c(Cc2ccc(-c3ccn(C)n3)nc2)cc2c(c1C)CCNC2=O. The first-order valence-electron chi connectivity index (χ1n) is 8.88. The highest BCUT2D eigenvalue weighted by atomic mass is 16.1. The monoisotopic (exact) mass is 346 g/mol. The average molecular weight is 346 g/mol. The van der Waals surface area contributed by atoms with E-state index in [0.29, 0.717) is 0 Å². The molecule has 26 heavy (non-hydrogen) atoms. The predicted molar refractivity (Wildman–Crippen MR) is 101 cm³/mol. The van der Waals surface area contributed by atoms with Gasteiger partial charge in [0.05, 0.1) is 5.69 Å². The third-order valence-corrected chi connectivity index (χ3v) is 5.24. The fourth-order valence-electron chi connectivity index (χ4n) is 3.60. The maximum absolute atomic E-state index is 12.2. The van der Waals surface area contributed by atoms with Crippen molar-refractivity contribution in [3.05, 3.63) is 70.0 Å². The molecule has 0 bridgehead atoms. The summed E-state index contributed by atoms with van der Waals surface area (Å²) in [6.45, 7) is 5.00. The number of aromatic nitrogens is 3. The minimum Gasteiger partial charge on any atom is -0.352 e. The summed E-state index contributed by atoms with van der Waals surface area (Å²) in [5, 5.41) is 7.33. The fourth-order valence-corrected chi connectivity index (χ4v) is 3.60. The lowest BCUT2D eigenvalue weighted by Crippen LogP contribution is -2.32. The Morgan fingerprint density at radius 3 is 2.69 bits per heavy atom. The third kappa shape index (κ3) is 2.90. The molecule has 0 saturated carbocycles. The van der Waals surface area contributed by atoms with E-state index in [4.69, 9.17) is 0 Å². The van der Waals surface area contributed by atoms with E-state index < -0.39 is 0 Å². The van der Waals surface area contributed by atoms with Crippen molar-refractivity contribution < 1.29 is 4.79 Å². The Bertz CT molecular complexity index is 986. The molecule has 5 nitrogen and oxygen atoms in total. The normalized spacial score (nSPS) is 13.4. The number of carbonyl (C=O) groups is 1. The smallest absolute Gasteiger partial charge is 0.251 e. The summed E-state index contributed by atoms with van der Waals surface area (Å²) in [4.78, 5) is 16.8. The Balaban J connectivity index is 1.64. The highest BCUT2D eigenvalue weighted by Gasteiger charge is 2.21. The van der Waals surface area contributed by atoms with Gasteiger partial charge < -0.3 is 5.32 Å². The van der Waals surface area contributed by atoms with Crippen molar-refractivity contribution in [3.63, 3.8) is 0 Å². The van der Waals surface area contributed by atoms with Gasteiger partial charge in [-0.3, -0.25) is 14.5 Å². The van der Waals surface area contributed by atoms with E-state index in [9.17, 15) is 4.79 Å². The summed E-state index contributed by atoms with van der Waals surface area (Å²) in [5.74, 6) is 0.0409. The third-order valence-electron chi connectivity index (χ3n) is 5.24. The zero-order chi connectivity index (χ0) is 18.3. The number of nitrogens with one attached hydrogen (secondary N) is 1. The number of aryl methyl sites for hydroxylation is 1. The molecule has 0 saturated heterocycles. The minimum absolute atomic E-state index is 0.0409. The number of nitrogens with zero attached hydrogens (tertiary/aromatic N) is 3. The molecule has 1 amide bonds. The van der Waals surface area contributed by atoms with E-state index in [1.807, 2.05) is 31.6 Å². The van der Waals surface area contributed by atoms with Gasteiger partial charge in [0.15, 0.2) is 0 Å². The van der Waals surface area contributed by atoms with Crippen LogP contribution in [0.1, 0.15) is 38.2 Å². The molecule has 0 radical (unpaired) electrons. The second-order valence-electron chi connectivity index (χ2n) is 6.92. The number of pyridine rings is 1. The van der Waals surface area contributed by atoms with Crippen molar-refractivity contribution in [3.8, 4) is 11.4 Å². The van der Waals surface area contributed by atoms with Gasteiger partial charge in [-0.15, -0.1) is 0 Å². The molecule has 3 aromatic rings. The molecular weight excluding hydrogens is 324 g/mol. The number of fused-ring (bicyclic) bond motifs is 1. The highest BCUT2D eigenvalue weighted by molar-refractivity contribution is 5.97. The molecule has 0 fully saturated rings. The maximum Gasteiger partial charge on any atom is 0.251 e. The summed E-state index contributed by atoms with van der Waals surface area (Å²) in [7, 11) is 1.90. The quantitative estimate of drug-likeness (QED) is 0.793. The van der Waals surface area contributed by atoms with Gasteiger partial charge in [-0.25, -0.2) is 0 Å². The van der Waals surface area contributed by atoms with Crippen molar-refractivity contribution in [2.24, 2.45) is 7.05 Å². The molecule has 5 heteroatoms. The molecule has 1 aliphatic heterocycles. The van der Waals surface area contributed by atoms with Gasteiger partial charge >= 0.3 is 0 Å². The molecular formula is C21H22N4O. The van der Waals surface area contributed by atoms with E-state index in [0.717, 1.165) is 41.9 Å². The Hall–Kier alpha value is -2.95. The van der Waals surface area contributed by atoms with Crippen LogP contribution in [0.4, 0.5) is 0 Å². The van der Waals surface area contributed by atoms with Gasteiger partial charge in [0.25, 0.3) is 5.91 Å². The van der Waals surface area contributed by atoms with Gasteiger partial charge in [-0.2, -0.15) is 5.10 Å². The van der Waals surface area contributed by atoms with Crippen LogP contribution in [0.25, 0.3) is 11.4 Å². The summed E-state index contributed by atoms with van der Waals surface area (Å²) >= 11 is 0. The van der Waals surface area contributed by atoms with E-state index in [2.05, 4.69) is 41.4 Å². The van der Waals surface area contributed by atoms with Crippen LogP contribution in [-0.2, 0) is 19.9 Å². The van der Waals surface area contributed by atoms with Crippen LogP contribution in [0.15, 0.2) is 36.7 Å². The van der Waals surface area contributed by atoms with Gasteiger partial charge in [0, 0.05) is 31.5 Å². The molecule has 1 N–H and O–H groups in total.